The summed E-state index contributed by atoms with van der Waals surface area (Å²) < 4.78 is 22.6. The molecule has 0 aliphatic rings. The Hall–Kier alpha value is -3.22. The third-order valence-electron chi connectivity index (χ3n) is 4.32. The summed E-state index contributed by atoms with van der Waals surface area (Å²) in [6.07, 6.45) is 6.30. The van der Waals surface area contributed by atoms with Crippen LogP contribution < -0.4 is 24.4 Å². The number of hydrogen-bond acceptors (Lipinski definition) is 6. The van der Waals surface area contributed by atoms with Gasteiger partial charge in [0.15, 0.2) is 11.5 Å². The van der Waals surface area contributed by atoms with Crippen LogP contribution in [0.3, 0.4) is 0 Å². The first kappa shape index (κ1) is 24.1. The van der Waals surface area contributed by atoms with Crippen molar-refractivity contribution in [3.63, 3.8) is 0 Å². The maximum absolute atomic E-state index is 10.9. The number of hydrogen-bond donors (Lipinski definition) is 1. The molecule has 0 saturated carbocycles. The topological polar surface area (TPSA) is 78.4 Å². The Morgan fingerprint density at radius 3 is 2.23 bits per heavy atom. The number of rotatable bonds is 14. The average molecular weight is 429 g/mol. The zero-order chi connectivity index (χ0) is 22.3. The van der Waals surface area contributed by atoms with Crippen molar-refractivity contribution in [2.24, 2.45) is 5.10 Å². The number of ether oxygens (including phenoxy) is 4. The van der Waals surface area contributed by atoms with Gasteiger partial charge in [-0.1, -0.05) is 26.2 Å². The van der Waals surface area contributed by atoms with Crippen molar-refractivity contribution in [2.45, 2.75) is 39.5 Å². The smallest absolute Gasteiger partial charge is 0.236 e. The highest BCUT2D eigenvalue weighted by atomic mass is 16.5. The van der Waals surface area contributed by atoms with Gasteiger partial charge >= 0.3 is 0 Å². The number of nitrogens with zero attached hydrogens (tertiary/aromatic N) is 1. The van der Waals surface area contributed by atoms with Crippen molar-refractivity contribution in [3.8, 4) is 23.0 Å². The Balaban J connectivity index is 1.74. The van der Waals surface area contributed by atoms with Crippen LogP contribution in [-0.2, 0) is 4.79 Å². The summed E-state index contributed by atoms with van der Waals surface area (Å²) in [5.74, 6) is 2.57. The van der Waals surface area contributed by atoms with Gasteiger partial charge in [0.1, 0.15) is 24.7 Å². The first-order valence-electron chi connectivity index (χ1n) is 10.6. The van der Waals surface area contributed by atoms with Crippen molar-refractivity contribution < 1.29 is 23.7 Å². The summed E-state index contributed by atoms with van der Waals surface area (Å²) in [5, 5.41) is 3.84. The summed E-state index contributed by atoms with van der Waals surface area (Å²) in [7, 11) is 1.57. The zero-order valence-corrected chi connectivity index (χ0v) is 18.6. The Morgan fingerprint density at radius 2 is 1.58 bits per heavy atom. The van der Waals surface area contributed by atoms with Crippen LogP contribution in [0.2, 0.25) is 0 Å². The van der Waals surface area contributed by atoms with E-state index < -0.39 is 0 Å². The predicted octanol–water partition coefficient (Wildman–Crippen LogP) is 4.58. The molecule has 0 radical (unpaired) electrons. The van der Waals surface area contributed by atoms with Crippen molar-refractivity contribution in [3.05, 3.63) is 48.0 Å². The number of unbranched alkanes of at least 4 members (excludes halogenated alkanes) is 3. The number of carbonyl (C=O) groups excluding carboxylic acids is 1. The number of hydrazone groups is 1. The van der Waals surface area contributed by atoms with E-state index in [-0.39, 0.29) is 5.91 Å². The van der Waals surface area contributed by atoms with Gasteiger partial charge in [0.05, 0.1) is 19.9 Å². The second-order valence-electron chi connectivity index (χ2n) is 6.91. The third kappa shape index (κ3) is 9.42. The van der Waals surface area contributed by atoms with Gasteiger partial charge in [0, 0.05) is 6.92 Å². The molecule has 0 saturated heterocycles. The van der Waals surface area contributed by atoms with Crippen molar-refractivity contribution in [2.75, 3.05) is 26.9 Å². The summed E-state index contributed by atoms with van der Waals surface area (Å²) in [6, 6.07) is 13.0. The predicted molar refractivity (Wildman–Crippen MR) is 121 cm³/mol. The fourth-order valence-corrected chi connectivity index (χ4v) is 2.74. The van der Waals surface area contributed by atoms with Crippen LogP contribution in [0, 0.1) is 0 Å². The highest BCUT2D eigenvalue weighted by molar-refractivity contribution is 5.82. The molecule has 0 spiro atoms. The van der Waals surface area contributed by atoms with E-state index in [1.165, 1.54) is 32.4 Å². The third-order valence-corrected chi connectivity index (χ3v) is 4.32. The molecule has 0 atom stereocenters. The maximum atomic E-state index is 10.9. The number of methoxy groups -OCH3 is 1. The van der Waals surface area contributed by atoms with E-state index >= 15 is 0 Å². The van der Waals surface area contributed by atoms with E-state index in [9.17, 15) is 4.79 Å². The van der Waals surface area contributed by atoms with Crippen LogP contribution in [0.25, 0.3) is 0 Å². The Labute approximate surface area is 184 Å². The molecule has 0 bridgehead atoms. The molecular weight excluding hydrogens is 396 g/mol. The van der Waals surface area contributed by atoms with Crippen molar-refractivity contribution >= 4 is 12.1 Å². The molecule has 0 aliphatic heterocycles. The molecule has 1 N–H and O–H groups in total. The molecular formula is C24H32N2O5. The Bertz CT molecular complexity index is 821. The average Bonchev–Trinajstić information content (AvgIpc) is 2.77. The minimum Gasteiger partial charge on any atom is -0.494 e. The van der Waals surface area contributed by atoms with Crippen LogP contribution in [0.1, 0.15) is 45.1 Å². The molecule has 31 heavy (non-hydrogen) atoms. The first-order valence-corrected chi connectivity index (χ1v) is 10.6. The van der Waals surface area contributed by atoms with Gasteiger partial charge in [-0.2, -0.15) is 5.10 Å². The Kier molecular flexibility index (Phi) is 10.8. The van der Waals surface area contributed by atoms with Gasteiger partial charge in [-0.05, 0) is 54.4 Å². The normalized spacial score (nSPS) is 10.7. The Morgan fingerprint density at radius 1 is 0.903 bits per heavy atom. The summed E-state index contributed by atoms with van der Waals surface area (Å²) in [5.41, 5.74) is 3.14. The first-order chi connectivity index (χ1) is 15.1. The van der Waals surface area contributed by atoms with E-state index in [0.29, 0.717) is 24.7 Å². The van der Waals surface area contributed by atoms with E-state index in [1.807, 2.05) is 30.3 Å². The van der Waals surface area contributed by atoms with E-state index in [2.05, 4.69) is 17.5 Å². The second kappa shape index (κ2) is 13.9. The monoisotopic (exact) mass is 428 g/mol. The fourth-order valence-electron chi connectivity index (χ4n) is 2.74. The molecule has 2 aromatic rings. The van der Waals surface area contributed by atoms with Crippen LogP contribution in [0.5, 0.6) is 23.0 Å². The number of nitrogens with one attached hydrogen (secondary N) is 1. The molecule has 7 heteroatoms. The SMILES string of the molecule is CCCCCCOc1ccc(OCCOc2ccc(/C=N\NC(C)=O)cc2OC)cc1. The molecule has 7 nitrogen and oxygen atoms in total. The minimum absolute atomic E-state index is 0.229. The fraction of sp³-hybridized carbons (Fsp3) is 0.417. The molecule has 0 unspecified atom stereocenters. The number of carbonyl (C=O) groups is 1. The second-order valence-corrected chi connectivity index (χ2v) is 6.91. The van der Waals surface area contributed by atoms with Gasteiger partial charge in [0.2, 0.25) is 5.91 Å². The number of benzene rings is 2. The highest BCUT2D eigenvalue weighted by Gasteiger charge is 2.06. The van der Waals surface area contributed by atoms with Gasteiger partial charge in [-0.15, -0.1) is 0 Å². The van der Waals surface area contributed by atoms with E-state index in [4.69, 9.17) is 18.9 Å². The van der Waals surface area contributed by atoms with Crippen LogP contribution >= 0.6 is 0 Å². The zero-order valence-electron chi connectivity index (χ0n) is 18.6. The molecule has 0 aromatic heterocycles. The molecule has 1 amide bonds. The lowest BCUT2D eigenvalue weighted by Crippen LogP contribution is -2.12. The summed E-state index contributed by atoms with van der Waals surface area (Å²) in [4.78, 5) is 10.9. The van der Waals surface area contributed by atoms with Crippen LogP contribution in [0.4, 0.5) is 0 Å². The lowest BCUT2D eigenvalue weighted by Gasteiger charge is -2.12. The van der Waals surface area contributed by atoms with E-state index in [1.54, 1.807) is 19.2 Å². The van der Waals surface area contributed by atoms with Crippen molar-refractivity contribution in [1.82, 2.24) is 5.43 Å². The highest BCUT2D eigenvalue weighted by Crippen LogP contribution is 2.27. The molecule has 168 valence electrons. The molecule has 0 fully saturated rings. The molecule has 2 aromatic carbocycles. The quantitative estimate of drug-likeness (QED) is 0.271. The van der Waals surface area contributed by atoms with E-state index in [0.717, 1.165) is 30.1 Å². The van der Waals surface area contributed by atoms with Gasteiger partial charge in [0.25, 0.3) is 0 Å². The number of amides is 1. The maximum Gasteiger partial charge on any atom is 0.236 e. The molecule has 0 heterocycles. The van der Waals surface area contributed by atoms with Gasteiger partial charge in [-0.25, -0.2) is 5.43 Å². The summed E-state index contributed by atoms with van der Waals surface area (Å²) in [6.45, 7) is 5.10. The molecule has 0 aliphatic carbocycles. The van der Waals surface area contributed by atoms with Crippen LogP contribution in [0.15, 0.2) is 47.6 Å². The lowest BCUT2D eigenvalue weighted by atomic mass is 10.2. The van der Waals surface area contributed by atoms with Gasteiger partial charge < -0.3 is 18.9 Å². The summed E-state index contributed by atoms with van der Waals surface area (Å²) >= 11 is 0. The standard InChI is InChI=1S/C24H32N2O5/c1-4-5-6-7-14-29-21-9-11-22(12-10-21)30-15-16-31-23-13-8-20(17-24(23)28-3)18-25-26-19(2)27/h8-13,17-18H,4-7,14-16H2,1-3H3,(H,26,27)/b25-18-. The lowest BCUT2D eigenvalue weighted by molar-refractivity contribution is -0.118. The largest absolute Gasteiger partial charge is 0.494 e. The van der Waals surface area contributed by atoms with Gasteiger partial charge in [-0.3, -0.25) is 4.79 Å². The minimum atomic E-state index is -0.229. The van der Waals surface area contributed by atoms with Crippen molar-refractivity contribution in [1.29, 1.82) is 0 Å². The van der Waals surface area contributed by atoms with Crippen LogP contribution in [-0.4, -0.2) is 39.1 Å². The molecule has 2 rings (SSSR count).